The predicted molar refractivity (Wildman–Crippen MR) is 182 cm³/mol. The number of nitrogens with one attached hydrogen (secondary N) is 1. The van der Waals surface area contributed by atoms with Crippen molar-refractivity contribution in [2.24, 2.45) is 0 Å². The molecule has 6 atom stereocenters. The number of piperidine rings is 1. The number of carbonyl (C=O) groups is 1. The summed E-state index contributed by atoms with van der Waals surface area (Å²) in [6, 6.07) is 14.8. The van der Waals surface area contributed by atoms with Crippen molar-refractivity contribution in [3.63, 3.8) is 0 Å². The fourth-order valence-corrected chi connectivity index (χ4v) is 7.24. The van der Waals surface area contributed by atoms with Gasteiger partial charge >= 0.3 is 0 Å². The van der Waals surface area contributed by atoms with E-state index in [1.165, 1.54) is 11.8 Å². The van der Waals surface area contributed by atoms with Gasteiger partial charge in [0.05, 0.1) is 0 Å². The lowest BCUT2D eigenvalue weighted by Gasteiger charge is -2.40. The van der Waals surface area contributed by atoms with Crippen LogP contribution in [0.1, 0.15) is 60.1 Å². The number of carbonyl (C=O) groups excluding carboxylic acids is 1. The molecule has 0 spiro atoms. The topological polar surface area (TPSA) is 111 Å². The molecule has 2 aliphatic rings. The van der Waals surface area contributed by atoms with Gasteiger partial charge in [0.1, 0.15) is 47.5 Å². The molecule has 3 aromatic rings. The SMILES string of the molecule is CCc1ccc([C@@H]2O[C@H](SC)[C@@H](O)[C@H](O)[C@H]2O)cc1Cc1ccc(OC2CCN(C(=O)CC(Cc3cc(F)c(F)cc3F)NC)CC2)cc1. The van der Waals surface area contributed by atoms with Crippen LogP contribution in [0, 0.1) is 17.5 Å². The van der Waals surface area contributed by atoms with Crippen LogP contribution in [0.25, 0.3) is 0 Å². The molecule has 5 rings (SSSR count). The Kier molecular flexibility index (Phi) is 12.7. The van der Waals surface area contributed by atoms with Crippen LogP contribution in [-0.2, 0) is 28.8 Å². The molecule has 0 radical (unpaired) electrons. The Hall–Kier alpha value is -3.13. The number of thioether (sulfide) groups is 1. The van der Waals surface area contributed by atoms with Gasteiger partial charge in [0.2, 0.25) is 5.91 Å². The monoisotopic (exact) mass is 702 g/mol. The van der Waals surface area contributed by atoms with Gasteiger partial charge in [0.25, 0.3) is 0 Å². The molecule has 12 heteroatoms. The highest BCUT2D eigenvalue weighted by Gasteiger charge is 2.44. The highest BCUT2D eigenvalue weighted by atomic mass is 32.2. The highest BCUT2D eigenvalue weighted by Crippen LogP contribution is 2.37. The molecule has 4 N–H and O–H groups in total. The minimum atomic E-state index is -1.31. The Morgan fingerprint density at radius 2 is 1.63 bits per heavy atom. The lowest BCUT2D eigenvalue weighted by Crippen LogP contribution is -2.52. The number of likely N-dealkylation sites (N-methyl/N-ethyl adjacent to an activating group) is 1. The van der Waals surface area contributed by atoms with Gasteiger partial charge in [0.15, 0.2) is 11.6 Å². The van der Waals surface area contributed by atoms with E-state index in [-0.39, 0.29) is 30.4 Å². The van der Waals surface area contributed by atoms with Crippen molar-refractivity contribution in [1.29, 1.82) is 0 Å². The van der Waals surface area contributed by atoms with Crippen LogP contribution in [0.15, 0.2) is 54.6 Å². The normalized spacial score (nSPS) is 23.8. The van der Waals surface area contributed by atoms with E-state index in [1.807, 2.05) is 42.5 Å². The number of nitrogens with zero attached hydrogens (tertiary/aromatic N) is 1. The molecular weight excluding hydrogens is 657 g/mol. The van der Waals surface area contributed by atoms with Crippen molar-refractivity contribution < 1.29 is 42.8 Å². The van der Waals surface area contributed by atoms with E-state index in [0.717, 1.165) is 40.5 Å². The summed E-state index contributed by atoms with van der Waals surface area (Å²) in [5.74, 6) is -2.56. The van der Waals surface area contributed by atoms with Gasteiger partial charge < -0.3 is 35.0 Å². The van der Waals surface area contributed by atoms with E-state index in [4.69, 9.17) is 9.47 Å². The standard InChI is InChI=1S/C37H45F3N2O6S/c1-4-22-7-8-23(36-34(45)33(44)35(46)37(48-36)49-3)16-24(22)15-21-5-9-27(10-6-21)47-28-11-13-42(14-12-28)32(43)19-26(41-2)17-25-18-30(39)31(40)20-29(25)38/h5-10,16,18,20,26,28,33-37,41,44-46H,4,11-15,17,19H2,1-3H3/t26?,33-,34-,35+,36+,37-/m1/s1. The lowest BCUT2D eigenvalue weighted by atomic mass is 9.90. The third-order valence-corrected chi connectivity index (χ3v) is 10.4. The molecule has 1 amide bonds. The first kappa shape index (κ1) is 37.1. The van der Waals surface area contributed by atoms with Crippen LogP contribution in [0.5, 0.6) is 5.75 Å². The third kappa shape index (κ3) is 8.97. The zero-order valence-corrected chi connectivity index (χ0v) is 28.8. The molecular formula is C37H45F3N2O6S. The molecule has 0 aromatic heterocycles. The number of aryl methyl sites for hydroxylation is 1. The smallest absolute Gasteiger partial charge is 0.224 e. The summed E-state index contributed by atoms with van der Waals surface area (Å²) >= 11 is 1.29. The van der Waals surface area contributed by atoms with Crippen molar-refractivity contribution in [3.05, 3.63) is 99.9 Å². The number of hydrogen-bond acceptors (Lipinski definition) is 8. The second-order valence-electron chi connectivity index (χ2n) is 12.8. The van der Waals surface area contributed by atoms with E-state index in [0.29, 0.717) is 38.4 Å². The van der Waals surface area contributed by atoms with Crippen LogP contribution < -0.4 is 10.1 Å². The van der Waals surface area contributed by atoms with Crippen LogP contribution in [0.3, 0.4) is 0 Å². The summed E-state index contributed by atoms with van der Waals surface area (Å²) in [5, 5.41) is 34.4. The minimum Gasteiger partial charge on any atom is -0.490 e. The van der Waals surface area contributed by atoms with Crippen LogP contribution >= 0.6 is 11.8 Å². The summed E-state index contributed by atoms with van der Waals surface area (Å²) in [6.45, 7) is 3.11. The molecule has 1 unspecified atom stereocenters. The van der Waals surface area contributed by atoms with E-state index in [9.17, 15) is 33.3 Å². The van der Waals surface area contributed by atoms with Gasteiger partial charge in [-0.1, -0.05) is 37.3 Å². The number of rotatable bonds is 12. The molecule has 0 aliphatic carbocycles. The first-order valence-corrected chi connectivity index (χ1v) is 18.0. The van der Waals surface area contributed by atoms with Gasteiger partial charge in [-0.15, -0.1) is 11.8 Å². The summed E-state index contributed by atoms with van der Waals surface area (Å²) in [4.78, 5) is 14.8. The highest BCUT2D eigenvalue weighted by molar-refractivity contribution is 7.99. The van der Waals surface area contributed by atoms with Crippen LogP contribution in [-0.4, -0.2) is 88.4 Å². The van der Waals surface area contributed by atoms with Gasteiger partial charge in [-0.2, -0.15) is 0 Å². The Bertz CT molecular complexity index is 1570. The Morgan fingerprint density at radius 1 is 0.939 bits per heavy atom. The maximum absolute atomic E-state index is 14.2. The average Bonchev–Trinajstić information content (AvgIpc) is 3.10. The van der Waals surface area contributed by atoms with E-state index in [2.05, 4.69) is 12.2 Å². The summed E-state index contributed by atoms with van der Waals surface area (Å²) in [7, 11) is 1.65. The Labute approximate surface area is 289 Å². The average molecular weight is 703 g/mol. The fraction of sp³-hybridized carbons (Fsp3) is 0.486. The Balaban J connectivity index is 1.14. The van der Waals surface area contributed by atoms with Gasteiger partial charge in [0, 0.05) is 44.5 Å². The first-order valence-electron chi connectivity index (χ1n) is 16.7. The lowest BCUT2D eigenvalue weighted by molar-refractivity contribution is -0.200. The first-order chi connectivity index (χ1) is 23.5. The number of amides is 1. The van der Waals surface area contributed by atoms with Crippen molar-refractivity contribution in [2.45, 2.75) is 87.4 Å². The largest absolute Gasteiger partial charge is 0.490 e. The number of hydrogen-bond donors (Lipinski definition) is 4. The van der Waals surface area contributed by atoms with Gasteiger partial charge in [-0.05, 0) is 78.6 Å². The number of halogens is 3. The number of aliphatic hydroxyl groups excluding tert-OH is 3. The molecule has 49 heavy (non-hydrogen) atoms. The van der Waals surface area contributed by atoms with E-state index >= 15 is 0 Å². The van der Waals surface area contributed by atoms with Crippen LogP contribution in [0.4, 0.5) is 13.2 Å². The number of aliphatic hydroxyl groups is 3. The summed E-state index contributed by atoms with van der Waals surface area (Å²) in [6.07, 6.45) is 0.153. The summed E-state index contributed by atoms with van der Waals surface area (Å²) < 4.78 is 53.3. The quantitative estimate of drug-likeness (QED) is 0.202. The van der Waals surface area contributed by atoms with E-state index in [1.54, 1.807) is 18.2 Å². The van der Waals surface area contributed by atoms with Gasteiger partial charge in [-0.25, -0.2) is 13.2 Å². The molecule has 2 heterocycles. The molecule has 0 saturated carbocycles. The van der Waals surface area contributed by atoms with E-state index < -0.39 is 53.3 Å². The molecule has 8 nitrogen and oxygen atoms in total. The zero-order valence-electron chi connectivity index (χ0n) is 28.0. The molecule has 2 saturated heterocycles. The Morgan fingerprint density at radius 3 is 2.29 bits per heavy atom. The third-order valence-electron chi connectivity index (χ3n) is 9.54. The molecule has 2 aliphatic heterocycles. The van der Waals surface area contributed by atoms with Crippen molar-refractivity contribution in [2.75, 3.05) is 26.4 Å². The number of benzene rings is 3. The number of likely N-dealkylation sites (tertiary alicyclic amines) is 1. The van der Waals surface area contributed by atoms with Crippen molar-refractivity contribution in [1.82, 2.24) is 10.2 Å². The second kappa shape index (κ2) is 16.7. The maximum Gasteiger partial charge on any atom is 0.224 e. The second-order valence-corrected chi connectivity index (χ2v) is 13.7. The molecule has 0 bridgehead atoms. The minimum absolute atomic E-state index is 0.0176. The molecule has 2 fully saturated rings. The predicted octanol–water partition coefficient (Wildman–Crippen LogP) is 4.69. The maximum atomic E-state index is 14.2. The van der Waals surface area contributed by atoms with Crippen molar-refractivity contribution in [3.8, 4) is 5.75 Å². The molecule has 266 valence electrons. The van der Waals surface area contributed by atoms with Crippen molar-refractivity contribution >= 4 is 17.7 Å². The van der Waals surface area contributed by atoms with Gasteiger partial charge in [-0.3, -0.25) is 4.79 Å². The summed E-state index contributed by atoms with van der Waals surface area (Å²) in [5.41, 5.74) is 3.43. The molecule has 3 aromatic carbocycles. The zero-order chi connectivity index (χ0) is 35.2. The number of ether oxygens (including phenoxy) is 2. The van der Waals surface area contributed by atoms with Crippen LogP contribution in [0.2, 0.25) is 0 Å². The fourth-order valence-electron chi connectivity index (χ4n) is 6.57.